The van der Waals surface area contributed by atoms with Crippen molar-refractivity contribution >= 4 is 40.5 Å². The van der Waals surface area contributed by atoms with Crippen LogP contribution in [0.25, 0.3) is 17.0 Å². The molecule has 2 heterocycles. The molecule has 5 rings (SSSR count). The molecule has 0 bridgehead atoms. The van der Waals surface area contributed by atoms with Crippen molar-refractivity contribution in [2.75, 3.05) is 25.1 Å². The zero-order chi connectivity index (χ0) is 21.5. The molecular weight excluding hydrogens is 390 g/mol. The second kappa shape index (κ2) is 7.61. The van der Waals surface area contributed by atoms with Crippen molar-refractivity contribution < 1.29 is 14.6 Å². The number of aromatic nitrogens is 1. The monoisotopic (exact) mass is 415 g/mol. The van der Waals surface area contributed by atoms with Crippen molar-refractivity contribution in [2.24, 2.45) is 10.9 Å². The Morgan fingerprint density at radius 2 is 2.13 bits per heavy atom. The number of aliphatic imine (C=N–C) groups is 1. The van der Waals surface area contributed by atoms with E-state index in [2.05, 4.69) is 40.3 Å². The number of hydrogen-bond acceptors (Lipinski definition) is 4. The van der Waals surface area contributed by atoms with E-state index in [4.69, 9.17) is 9.73 Å². The highest BCUT2D eigenvalue weighted by atomic mass is 16.5. The largest absolute Gasteiger partial charge is 0.489 e. The van der Waals surface area contributed by atoms with Gasteiger partial charge in [0.25, 0.3) is 0 Å². The number of carboxylic acid groups (broad SMARTS) is 1. The lowest BCUT2D eigenvalue weighted by molar-refractivity contribution is 0.0696. The van der Waals surface area contributed by atoms with E-state index in [1.54, 1.807) is 12.1 Å². The van der Waals surface area contributed by atoms with Crippen molar-refractivity contribution in [1.82, 2.24) is 4.57 Å². The molecule has 3 aromatic rings. The smallest absolute Gasteiger partial charge is 0.335 e. The maximum absolute atomic E-state index is 11.6. The number of hydrogen-bond donors (Lipinski definition) is 1. The lowest BCUT2D eigenvalue weighted by Crippen LogP contribution is -2.29. The molecule has 6 nitrogen and oxygen atoms in total. The molecule has 0 unspecified atom stereocenters. The van der Waals surface area contributed by atoms with Gasteiger partial charge in [0.15, 0.2) is 0 Å². The van der Waals surface area contributed by atoms with Gasteiger partial charge in [-0.25, -0.2) is 4.79 Å². The predicted molar refractivity (Wildman–Crippen MR) is 124 cm³/mol. The average molecular weight is 415 g/mol. The summed E-state index contributed by atoms with van der Waals surface area (Å²) in [7, 11) is 1.97. The van der Waals surface area contributed by atoms with E-state index in [0.717, 1.165) is 35.4 Å². The van der Waals surface area contributed by atoms with Crippen LogP contribution in [0.15, 0.2) is 48.0 Å². The van der Waals surface area contributed by atoms with Crippen LogP contribution >= 0.6 is 0 Å². The number of benzene rings is 2. The maximum atomic E-state index is 11.6. The summed E-state index contributed by atoms with van der Waals surface area (Å²) in [6, 6.07) is 11.7. The normalized spacial score (nSPS) is 15.8. The Labute approximate surface area is 181 Å². The van der Waals surface area contributed by atoms with Crippen molar-refractivity contribution in [2.45, 2.75) is 19.4 Å². The summed E-state index contributed by atoms with van der Waals surface area (Å²) in [5, 5.41) is 10.7. The topological polar surface area (TPSA) is 67.1 Å². The van der Waals surface area contributed by atoms with E-state index < -0.39 is 5.97 Å². The van der Waals surface area contributed by atoms with Gasteiger partial charge in [-0.3, -0.25) is 4.99 Å². The summed E-state index contributed by atoms with van der Waals surface area (Å²) < 4.78 is 8.06. The summed E-state index contributed by atoms with van der Waals surface area (Å²) in [5.74, 6) is 0.281. The van der Waals surface area contributed by atoms with Crippen molar-refractivity contribution in [3.63, 3.8) is 0 Å². The lowest BCUT2D eigenvalue weighted by atomic mass is 10.1. The molecular formula is C25H25N3O3. The van der Waals surface area contributed by atoms with Gasteiger partial charge >= 0.3 is 5.97 Å². The predicted octanol–water partition coefficient (Wildman–Crippen LogP) is 4.97. The molecule has 6 heteroatoms. The van der Waals surface area contributed by atoms with E-state index in [1.165, 1.54) is 18.4 Å². The van der Waals surface area contributed by atoms with Crippen LogP contribution in [-0.4, -0.2) is 42.1 Å². The zero-order valence-corrected chi connectivity index (χ0v) is 17.5. The minimum absolute atomic E-state index is 0.176. The number of nitrogens with zero attached hydrogens (tertiary/aromatic N) is 3. The number of fused-ring (bicyclic) bond motifs is 2. The van der Waals surface area contributed by atoms with Crippen LogP contribution in [0.2, 0.25) is 0 Å². The Balaban J connectivity index is 1.61. The molecule has 1 fully saturated rings. The summed E-state index contributed by atoms with van der Waals surface area (Å²) >= 11 is 0. The Bertz CT molecular complexity index is 1220. The van der Waals surface area contributed by atoms with Crippen LogP contribution in [0.1, 0.15) is 34.5 Å². The van der Waals surface area contributed by atoms with Crippen LogP contribution in [0.3, 0.4) is 0 Å². The van der Waals surface area contributed by atoms with Crippen LogP contribution in [-0.2, 0) is 6.54 Å². The molecule has 2 aliphatic rings. The summed E-state index contributed by atoms with van der Waals surface area (Å²) in [4.78, 5) is 18.4. The fourth-order valence-corrected chi connectivity index (χ4v) is 4.14. The molecule has 158 valence electrons. The zero-order valence-electron chi connectivity index (χ0n) is 17.5. The number of carboxylic acids is 1. The molecule has 0 saturated heterocycles. The minimum Gasteiger partial charge on any atom is -0.489 e. The highest BCUT2D eigenvalue weighted by Gasteiger charge is 2.24. The molecule has 0 amide bonds. The lowest BCUT2D eigenvalue weighted by Gasteiger charge is -2.29. The minimum atomic E-state index is -0.990. The first kappa shape index (κ1) is 19.4. The Hall–Kier alpha value is -3.54. The third-order valence-electron chi connectivity index (χ3n) is 6.04. The van der Waals surface area contributed by atoms with Crippen molar-refractivity contribution in [3.05, 3.63) is 59.8 Å². The standard InChI is InChI=1S/C25H25N3O3/c1-3-16-6-7-18-11-20(28(22(18)10-16)15-17-4-5-17)14-26-21-12-19(25(29)30)13-23-24(21)27(2)8-9-31-23/h3,6-7,10-14,17H,1,4-5,8-9,15H2,2H3,(H,29,30)/b26-14+. The van der Waals surface area contributed by atoms with Crippen molar-refractivity contribution in [3.8, 4) is 5.75 Å². The number of rotatable bonds is 6. The fraction of sp³-hybridized carbons (Fsp3) is 0.280. The van der Waals surface area contributed by atoms with Crippen molar-refractivity contribution in [1.29, 1.82) is 0 Å². The number of anilines is 1. The highest BCUT2D eigenvalue weighted by molar-refractivity contribution is 5.96. The maximum Gasteiger partial charge on any atom is 0.335 e. The molecule has 0 atom stereocenters. The second-order valence-corrected chi connectivity index (χ2v) is 8.32. The highest BCUT2D eigenvalue weighted by Crippen LogP contribution is 2.41. The Morgan fingerprint density at radius 3 is 2.87 bits per heavy atom. The summed E-state index contributed by atoms with van der Waals surface area (Å²) in [6.07, 6.45) is 6.22. The molecule has 0 spiro atoms. The van der Waals surface area contributed by atoms with E-state index in [0.29, 0.717) is 24.0 Å². The van der Waals surface area contributed by atoms with Gasteiger partial charge < -0.3 is 19.3 Å². The number of ether oxygens (including phenoxy) is 1. The van der Waals surface area contributed by atoms with Crippen LogP contribution in [0.5, 0.6) is 5.75 Å². The molecule has 2 aromatic carbocycles. The van der Waals surface area contributed by atoms with Crippen LogP contribution in [0.4, 0.5) is 11.4 Å². The molecule has 1 aliphatic carbocycles. The first-order chi connectivity index (χ1) is 15.0. The van der Waals surface area contributed by atoms with Gasteiger partial charge in [0.1, 0.15) is 18.0 Å². The molecule has 1 N–H and O–H groups in total. The number of carbonyl (C=O) groups is 1. The molecule has 1 saturated carbocycles. The second-order valence-electron chi connectivity index (χ2n) is 8.32. The average Bonchev–Trinajstić information content (AvgIpc) is 3.52. The van der Waals surface area contributed by atoms with Gasteiger partial charge in [-0.05, 0) is 48.6 Å². The van der Waals surface area contributed by atoms with E-state index in [1.807, 2.05) is 19.3 Å². The summed E-state index contributed by atoms with van der Waals surface area (Å²) in [5.41, 5.74) is 4.88. The van der Waals surface area contributed by atoms with Gasteiger partial charge in [0.2, 0.25) is 0 Å². The van der Waals surface area contributed by atoms with E-state index >= 15 is 0 Å². The Kier molecular flexibility index (Phi) is 4.77. The van der Waals surface area contributed by atoms with Gasteiger partial charge in [-0.15, -0.1) is 0 Å². The third kappa shape index (κ3) is 3.69. The van der Waals surface area contributed by atoms with Crippen LogP contribution < -0.4 is 9.64 Å². The van der Waals surface area contributed by atoms with Gasteiger partial charge in [-0.2, -0.15) is 0 Å². The molecule has 0 radical (unpaired) electrons. The SMILES string of the molecule is C=Cc1ccc2cc(/C=N/c3cc(C(=O)O)cc4c3N(C)CCO4)n(CC3CC3)c2c1. The quantitative estimate of drug-likeness (QED) is 0.577. The Morgan fingerprint density at radius 1 is 1.29 bits per heavy atom. The first-order valence-corrected chi connectivity index (χ1v) is 10.6. The third-order valence-corrected chi connectivity index (χ3v) is 6.04. The molecule has 1 aliphatic heterocycles. The van der Waals surface area contributed by atoms with Gasteiger partial charge in [0.05, 0.1) is 29.7 Å². The number of aromatic carboxylic acids is 1. The summed E-state index contributed by atoms with van der Waals surface area (Å²) in [6.45, 7) is 6.11. The van der Waals surface area contributed by atoms with Gasteiger partial charge in [-0.1, -0.05) is 24.8 Å². The molecule has 31 heavy (non-hydrogen) atoms. The van der Waals surface area contributed by atoms with Crippen LogP contribution in [0, 0.1) is 5.92 Å². The fourth-order valence-electron chi connectivity index (χ4n) is 4.14. The van der Waals surface area contributed by atoms with E-state index in [-0.39, 0.29) is 5.56 Å². The molecule has 1 aromatic heterocycles. The van der Waals surface area contributed by atoms with E-state index in [9.17, 15) is 9.90 Å². The first-order valence-electron chi connectivity index (χ1n) is 10.6. The van der Waals surface area contributed by atoms with Gasteiger partial charge in [0, 0.05) is 24.5 Å². The number of likely N-dealkylation sites (N-methyl/N-ethyl adjacent to an activating group) is 1.